The molecule has 0 spiro atoms. The van der Waals surface area contributed by atoms with E-state index in [2.05, 4.69) is 15.6 Å². The maximum atomic E-state index is 11.8. The summed E-state index contributed by atoms with van der Waals surface area (Å²) in [5, 5.41) is 6.31. The fraction of sp³-hybridized carbons (Fsp3) is 0.545. The Morgan fingerprint density at radius 1 is 1.40 bits per heavy atom. The number of carbonyl (C=O) groups excluding carboxylic acids is 1. The molecule has 4 heteroatoms. The minimum absolute atomic E-state index is 0.00926. The summed E-state index contributed by atoms with van der Waals surface area (Å²) in [6.45, 7) is 3.94. The molecule has 82 valence electrons. The van der Waals surface area contributed by atoms with Gasteiger partial charge in [-0.15, -0.1) is 0 Å². The fourth-order valence-corrected chi connectivity index (χ4v) is 1.87. The average molecular weight is 207 g/mol. The molecule has 0 radical (unpaired) electrons. The van der Waals surface area contributed by atoms with Crippen molar-refractivity contribution in [2.45, 2.75) is 25.8 Å². The van der Waals surface area contributed by atoms with E-state index in [1.807, 2.05) is 19.1 Å². The summed E-state index contributed by atoms with van der Waals surface area (Å²) in [5.41, 5.74) is 1.68. The smallest absolute Gasteiger partial charge is 0.267 e. The minimum atomic E-state index is 0.00926. The van der Waals surface area contributed by atoms with Crippen molar-refractivity contribution in [3.63, 3.8) is 0 Å². The third-order valence-corrected chi connectivity index (χ3v) is 2.75. The minimum Gasteiger partial charge on any atom is -0.355 e. The maximum Gasteiger partial charge on any atom is 0.267 e. The second-order valence-electron chi connectivity index (χ2n) is 4.05. The van der Waals surface area contributed by atoms with Crippen LogP contribution in [0.5, 0.6) is 0 Å². The van der Waals surface area contributed by atoms with Crippen LogP contribution in [0.1, 0.15) is 29.0 Å². The van der Waals surface area contributed by atoms with Gasteiger partial charge in [0.05, 0.1) is 0 Å². The molecule has 0 saturated carbocycles. The average Bonchev–Trinajstić information content (AvgIpc) is 2.66. The Kier molecular flexibility index (Phi) is 3.06. The topological polar surface area (TPSA) is 56.9 Å². The highest BCUT2D eigenvalue weighted by atomic mass is 16.1. The standard InChI is InChI=1S/C11H17N3O/c1-8-2-3-10(13-8)11(15)14-9-4-6-12-7-5-9/h2-3,9,12-13H,4-7H2,1H3,(H,14,15). The number of amides is 1. The SMILES string of the molecule is Cc1ccc(C(=O)NC2CCNCC2)[nH]1. The molecule has 2 rings (SSSR count). The largest absolute Gasteiger partial charge is 0.355 e. The molecule has 15 heavy (non-hydrogen) atoms. The highest BCUT2D eigenvalue weighted by Crippen LogP contribution is 2.05. The number of hydrogen-bond acceptors (Lipinski definition) is 2. The quantitative estimate of drug-likeness (QED) is 0.672. The summed E-state index contributed by atoms with van der Waals surface area (Å²) in [6, 6.07) is 4.06. The van der Waals surface area contributed by atoms with Gasteiger partial charge in [-0.25, -0.2) is 0 Å². The first kappa shape index (κ1) is 10.2. The Labute approximate surface area is 89.5 Å². The maximum absolute atomic E-state index is 11.8. The number of aromatic nitrogens is 1. The lowest BCUT2D eigenvalue weighted by atomic mass is 10.1. The third-order valence-electron chi connectivity index (χ3n) is 2.75. The lowest BCUT2D eigenvalue weighted by Gasteiger charge is -2.23. The molecule has 0 aliphatic carbocycles. The van der Waals surface area contributed by atoms with Crippen molar-refractivity contribution in [1.29, 1.82) is 0 Å². The van der Waals surface area contributed by atoms with E-state index in [1.165, 1.54) is 0 Å². The molecule has 0 aromatic carbocycles. The van der Waals surface area contributed by atoms with Crippen LogP contribution in [-0.4, -0.2) is 30.0 Å². The van der Waals surface area contributed by atoms with Crippen LogP contribution in [-0.2, 0) is 0 Å². The van der Waals surface area contributed by atoms with Crippen molar-refractivity contribution in [2.75, 3.05) is 13.1 Å². The molecule has 0 bridgehead atoms. The summed E-state index contributed by atoms with van der Waals surface area (Å²) in [6.07, 6.45) is 2.04. The molecule has 1 aliphatic heterocycles. The Morgan fingerprint density at radius 2 is 2.13 bits per heavy atom. The zero-order valence-corrected chi connectivity index (χ0v) is 8.97. The molecule has 1 amide bonds. The molecule has 1 saturated heterocycles. The van der Waals surface area contributed by atoms with Crippen LogP contribution in [0.2, 0.25) is 0 Å². The Balaban J connectivity index is 1.91. The number of piperidine rings is 1. The van der Waals surface area contributed by atoms with Crippen LogP contribution in [0.3, 0.4) is 0 Å². The number of aryl methyl sites for hydroxylation is 1. The highest BCUT2D eigenvalue weighted by Gasteiger charge is 2.16. The van der Waals surface area contributed by atoms with Gasteiger partial charge in [-0.3, -0.25) is 4.79 Å². The van der Waals surface area contributed by atoms with E-state index in [4.69, 9.17) is 0 Å². The lowest BCUT2D eigenvalue weighted by molar-refractivity contribution is 0.0925. The summed E-state index contributed by atoms with van der Waals surface area (Å²) >= 11 is 0. The van der Waals surface area contributed by atoms with Gasteiger partial charge in [-0.2, -0.15) is 0 Å². The number of carbonyl (C=O) groups is 1. The normalized spacial score (nSPS) is 17.7. The second-order valence-corrected chi connectivity index (χ2v) is 4.05. The Hall–Kier alpha value is -1.29. The summed E-state index contributed by atoms with van der Waals surface area (Å²) < 4.78 is 0. The van der Waals surface area contributed by atoms with Gasteiger partial charge in [-0.1, -0.05) is 0 Å². The van der Waals surface area contributed by atoms with Crippen molar-refractivity contribution in [3.05, 3.63) is 23.5 Å². The van der Waals surface area contributed by atoms with Gasteiger partial charge in [0, 0.05) is 11.7 Å². The van der Waals surface area contributed by atoms with Crippen LogP contribution >= 0.6 is 0 Å². The van der Waals surface area contributed by atoms with Crippen molar-refractivity contribution in [2.24, 2.45) is 0 Å². The molecule has 2 heterocycles. The number of aromatic amines is 1. The van der Waals surface area contributed by atoms with E-state index in [1.54, 1.807) is 0 Å². The lowest BCUT2D eigenvalue weighted by Crippen LogP contribution is -2.42. The van der Waals surface area contributed by atoms with Gasteiger partial charge in [0.25, 0.3) is 5.91 Å². The predicted molar refractivity (Wildman–Crippen MR) is 58.9 cm³/mol. The first-order valence-corrected chi connectivity index (χ1v) is 5.43. The molecule has 0 unspecified atom stereocenters. The van der Waals surface area contributed by atoms with Crippen molar-refractivity contribution in [3.8, 4) is 0 Å². The van der Waals surface area contributed by atoms with Crippen LogP contribution in [0.25, 0.3) is 0 Å². The van der Waals surface area contributed by atoms with E-state index < -0.39 is 0 Å². The van der Waals surface area contributed by atoms with E-state index in [0.717, 1.165) is 31.6 Å². The molecular formula is C11H17N3O. The fourth-order valence-electron chi connectivity index (χ4n) is 1.87. The predicted octanol–water partition coefficient (Wildman–Crippen LogP) is 0.805. The molecule has 0 atom stereocenters. The first-order chi connectivity index (χ1) is 7.25. The molecule has 4 nitrogen and oxygen atoms in total. The monoisotopic (exact) mass is 207 g/mol. The van der Waals surface area contributed by atoms with Gasteiger partial charge >= 0.3 is 0 Å². The zero-order chi connectivity index (χ0) is 10.7. The number of hydrogen-bond donors (Lipinski definition) is 3. The van der Waals surface area contributed by atoms with Crippen molar-refractivity contribution < 1.29 is 4.79 Å². The van der Waals surface area contributed by atoms with E-state index in [9.17, 15) is 4.79 Å². The Morgan fingerprint density at radius 3 is 2.73 bits per heavy atom. The van der Waals surface area contributed by atoms with Crippen LogP contribution in [0.4, 0.5) is 0 Å². The summed E-state index contributed by atoms with van der Waals surface area (Å²) in [4.78, 5) is 14.8. The summed E-state index contributed by atoms with van der Waals surface area (Å²) in [7, 11) is 0. The van der Waals surface area contributed by atoms with Crippen LogP contribution in [0, 0.1) is 6.92 Å². The van der Waals surface area contributed by atoms with Gasteiger partial charge in [0.2, 0.25) is 0 Å². The molecule has 1 aromatic heterocycles. The Bertz CT molecular complexity index is 339. The van der Waals surface area contributed by atoms with Gasteiger partial charge in [-0.05, 0) is 45.0 Å². The van der Waals surface area contributed by atoms with E-state index in [-0.39, 0.29) is 5.91 Å². The number of rotatable bonds is 2. The van der Waals surface area contributed by atoms with Crippen LogP contribution < -0.4 is 10.6 Å². The first-order valence-electron chi connectivity index (χ1n) is 5.43. The van der Waals surface area contributed by atoms with Crippen molar-refractivity contribution in [1.82, 2.24) is 15.6 Å². The van der Waals surface area contributed by atoms with Gasteiger partial charge in [0.1, 0.15) is 5.69 Å². The number of H-pyrrole nitrogens is 1. The van der Waals surface area contributed by atoms with Gasteiger partial charge in [0.15, 0.2) is 0 Å². The van der Waals surface area contributed by atoms with E-state index in [0.29, 0.717) is 11.7 Å². The van der Waals surface area contributed by atoms with Gasteiger partial charge < -0.3 is 15.6 Å². The van der Waals surface area contributed by atoms with Crippen molar-refractivity contribution >= 4 is 5.91 Å². The molecule has 3 N–H and O–H groups in total. The number of nitrogens with one attached hydrogen (secondary N) is 3. The molecule has 1 aromatic rings. The third kappa shape index (κ3) is 2.59. The zero-order valence-electron chi connectivity index (χ0n) is 8.97. The van der Waals surface area contributed by atoms with E-state index >= 15 is 0 Å². The molecule has 1 aliphatic rings. The second kappa shape index (κ2) is 4.49. The summed E-state index contributed by atoms with van der Waals surface area (Å²) in [5.74, 6) is 0.00926. The van der Waals surface area contributed by atoms with Crippen LogP contribution in [0.15, 0.2) is 12.1 Å². The molecular weight excluding hydrogens is 190 g/mol. The highest BCUT2D eigenvalue weighted by molar-refractivity contribution is 5.92. The molecule has 1 fully saturated rings.